The number of fused-ring (bicyclic) bond motifs is 3. The Labute approximate surface area is 258 Å². The van der Waals surface area contributed by atoms with Gasteiger partial charge in [-0.05, 0) is 67.7 Å². The van der Waals surface area contributed by atoms with E-state index in [1.807, 2.05) is 0 Å². The second-order valence-corrected chi connectivity index (χ2v) is 12.1. The number of aliphatic hydroxyl groups is 3. The number of benzene rings is 2. The van der Waals surface area contributed by atoms with Crippen LogP contribution in [0.25, 0.3) is 11.1 Å². The number of carbonyl (C=O) groups is 5. The Morgan fingerprint density at radius 2 is 1.76 bits per heavy atom. The number of allylic oxidation sites excluding steroid dienone is 1. The van der Waals surface area contributed by atoms with Crippen molar-refractivity contribution >= 4 is 29.3 Å². The predicted octanol–water partition coefficient (Wildman–Crippen LogP) is -0.181. The van der Waals surface area contributed by atoms with Crippen LogP contribution < -0.4 is 16.4 Å². The number of primary amides is 1. The number of Topliss-reactive ketones (excluding diaryl/α,β-unsaturated/α-hetero) is 2. The molecule has 1 fully saturated rings. The molecule has 0 bridgehead atoms. The van der Waals surface area contributed by atoms with Gasteiger partial charge in [0.2, 0.25) is 11.8 Å². The summed E-state index contributed by atoms with van der Waals surface area (Å²) in [4.78, 5) is 65.2. The Morgan fingerprint density at radius 1 is 1.07 bits per heavy atom. The van der Waals surface area contributed by atoms with E-state index in [4.69, 9.17) is 5.73 Å². The molecule has 238 valence electrons. The number of aliphatic hydroxyl groups excluding tert-OH is 2. The van der Waals surface area contributed by atoms with Crippen molar-refractivity contribution in [1.29, 1.82) is 0 Å². The first-order valence-electron chi connectivity index (χ1n) is 14.6. The lowest BCUT2D eigenvalue weighted by molar-refractivity contribution is -0.178. The van der Waals surface area contributed by atoms with Crippen LogP contribution in [-0.2, 0) is 20.8 Å². The molecule has 3 amide bonds. The Hall–Kier alpha value is -4.59. The molecule has 0 saturated heterocycles. The summed E-state index contributed by atoms with van der Waals surface area (Å²) in [7, 11) is 3.19. The average Bonchev–Trinajstić information content (AvgIpc) is 2.96. The van der Waals surface area contributed by atoms with E-state index in [0.717, 1.165) is 0 Å². The van der Waals surface area contributed by atoms with Crippen LogP contribution in [0.5, 0.6) is 5.75 Å². The number of phenolic OH excluding ortho intramolecular Hbond substituents is 1. The summed E-state index contributed by atoms with van der Waals surface area (Å²) in [6, 6.07) is 8.63. The number of ketones is 2. The molecular weight excluding hydrogens is 584 g/mol. The van der Waals surface area contributed by atoms with Gasteiger partial charge in [-0.25, -0.2) is 0 Å². The highest BCUT2D eigenvalue weighted by molar-refractivity contribution is 6.16. The molecule has 2 aromatic rings. The molecule has 5 rings (SSSR count). The van der Waals surface area contributed by atoms with Crippen molar-refractivity contribution in [1.82, 2.24) is 15.5 Å². The highest BCUT2D eigenvalue weighted by atomic mass is 16.4. The maximum Gasteiger partial charge on any atom is 0.251 e. The number of hydrogen-bond donors (Lipinski definition) is 7. The molecule has 13 heteroatoms. The third-order valence-electron chi connectivity index (χ3n) is 9.20. The van der Waals surface area contributed by atoms with E-state index in [-0.39, 0.29) is 54.6 Å². The van der Waals surface area contributed by atoms with Crippen molar-refractivity contribution in [2.75, 3.05) is 27.2 Å². The number of hydrogen-bond acceptors (Lipinski definition) is 10. The maximum atomic E-state index is 14.0. The quantitative estimate of drug-likeness (QED) is 0.160. The van der Waals surface area contributed by atoms with Gasteiger partial charge in [-0.2, -0.15) is 0 Å². The smallest absolute Gasteiger partial charge is 0.251 e. The Balaban J connectivity index is 1.57. The summed E-state index contributed by atoms with van der Waals surface area (Å²) in [5.74, 6) is -8.64. The van der Waals surface area contributed by atoms with Gasteiger partial charge in [-0.1, -0.05) is 18.2 Å². The van der Waals surface area contributed by atoms with Gasteiger partial charge in [0.1, 0.15) is 17.4 Å². The number of nitrogens with zero attached hydrogens (tertiary/aromatic N) is 1. The molecule has 2 aromatic carbocycles. The average molecular weight is 621 g/mol. The predicted molar refractivity (Wildman–Crippen MR) is 160 cm³/mol. The normalized spacial score (nSPS) is 27.4. The Morgan fingerprint density at radius 3 is 2.40 bits per heavy atom. The first-order chi connectivity index (χ1) is 21.2. The molecule has 1 saturated carbocycles. The van der Waals surface area contributed by atoms with Crippen molar-refractivity contribution in [3.05, 3.63) is 64.4 Å². The van der Waals surface area contributed by atoms with Crippen LogP contribution in [-0.4, -0.2) is 99.5 Å². The highest BCUT2D eigenvalue weighted by Crippen LogP contribution is 2.53. The van der Waals surface area contributed by atoms with Gasteiger partial charge in [-0.3, -0.25) is 24.0 Å². The van der Waals surface area contributed by atoms with E-state index in [2.05, 4.69) is 10.6 Å². The van der Waals surface area contributed by atoms with E-state index in [0.29, 0.717) is 22.3 Å². The zero-order valence-corrected chi connectivity index (χ0v) is 25.0. The standard InChI is InChI=1S/C32H36N4O9/c1-14(37)34-9-10-35-31(44)16-6-4-5-15(11-16)18-7-8-21(38)23-19(18)12-17-13-20-25(36(2)3)27(40)24(30(33)43)29(42)32(20,45)28(41)22(17)26(23)39/h4-8,11,17,20,24-25,27,38,40-41,45H,9-10,12-13H2,1-3H3,(H2,33,43)(H,34,37)(H,35,44)/t17-,20-,24?,25-,27?,32-/m0/s1. The molecule has 2 unspecified atom stereocenters. The van der Waals surface area contributed by atoms with E-state index < -0.39 is 58.7 Å². The summed E-state index contributed by atoms with van der Waals surface area (Å²) in [6.07, 6.45) is -1.46. The van der Waals surface area contributed by atoms with Crippen LogP contribution in [0.15, 0.2) is 47.7 Å². The Kier molecular flexibility index (Phi) is 8.29. The second kappa shape index (κ2) is 11.7. The lowest BCUT2D eigenvalue weighted by Gasteiger charge is -2.53. The molecule has 0 aliphatic heterocycles. The van der Waals surface area contributed by atoms with Crippen LogP contribution in [0.1, 0.15) is 39.6 Å². The molecule has 0 heterocycles. The van der Waals surface area contributed by atoms with E-state index in [1.165, 1.54) is 13.0 Å². The molecule has 0 radical (unpaired) electrons. The number of nitrogens with two attached hydrogens (primary N) is 1. The van der Waals surface area contributed by atoms with Crippen LogP contribution >= 0.6 is 0 Å². The number of aromatic hydroxyl groups is 1. The fourth-order valence-electron chi connectivity index (χ4n) is 7.22. The first kappa shape index (κ1) is 31.8. The molecule has 0 aromatic heterocycles. The molecular formula is C32H36N4O9. The third-order valence-corrected chi connectivity index (χ3v) is 9.20. The van der Waals surface area contributed by atoms with Crippen molar-refractivity contribution in [3.8, 4) is 16.9 Å². The fraction of sp³-hybridized carbons (Fsp3) is 0.406. The van der Waals surface area contributed by atoms with Gasteiger partial charge in [-0.15, -0.1) is 0 Å². The van der Waals surface area contributed by atoms with E-state index in [9.17, 15) is 44.4 Å². The lowest BCUT2D eigenvalue weighted by Crippen LogP contribution is -2.71. The number of amides is 3. The van der Waals surface area contributed by atoms with Crippen LogP contribution in [0.4, 0.5) is 0 Å². The van der Waals surface area contributed by atoms with Gasteiger partial charge in [0, 0.05) is 43.1 Å². The Bertz CT molecular complexity index is 1650. The number of likely N-dealkylation sites (N-methyl/N-ethyl adjacent to an activating group) is 1. The van der Waals surface area contributed by atoms with Gasteiger partial charge >= 0.3 is 0 Å². The van der Waals surface area contributed by atoms with Gasteiger partial charge in [0.05, 0.1) is 11.7 Å². The summed E-state index contributed by atoms with van der Waals surface area (Å²) < 4.78 is 0. The monoisotopic (exact) mass is 620 g/mol. The zero-order chi connectivity index (χ0) is 33.0. The van der Waals surface area contributed by atoms with Gasteiger partial charge < -0.3 is 41.7 Å². The van der Waals surface area contributed by atoms with Crippen LogP contribution in [0.2, 0.25) is 0 Å². The SMILES string of the molecule is CC(=O)NCCNC(=O)c1cccc(-c2ccc(O)c3c2C[C@H]2C[C@H]4[C@H](N(C)C)C(O)C(C(N)=O)C(=O)[C@@]4(O)C(O)=C2C3=O)c1. The molecule has 0 spiro atoms. The van der Waals surface area contributed by atoms with Crippen molar-refractivity contribution in [2.24, 2.45) is 23.5 Å². The largest absolute Gasteiger partial charge is 0.508 e. The summed E-state index contributed by atoms with van der Waals surface area (Å²) in [6.45, 7) is 1.85. The zero-order valence-electron chi connectivity index (χ0n) is 25.0. The van der Waals surface area contributed by atoms with E-state index in [1.54, 1.807) is 49.3 Å². The second-order valence-electron chi connectivity index (χ2n) is 12.1. The summed E-state index contributed by atoms with van der Waals surface area (Å²) in [5, 5.41) is 50.5. The molecule has 45 heavy (non-hydrogen) atoms. The molecule has 3 aliphatic carbocycles. The number of carbonyl (C=O) groups excluding carboxylic acids is 5. The molecule has 8 N–H and O–H groups in total. The summed E-state index contributed by atoms with van der Waals surface area (Å²) >= 11 is 0. The van der Waals surface area contributed by atoms with Crippen molar-refractivity contribution in [2.45, 2.75) is 37.5 Å². The van der Waals surface area contributed by atoms with Gasteiger partial charge in [0.15, 0.2) is 17.2 Å². The highest BCUT2D eigenvalue weighted by Gasteiger charge is 2.66. The van der Waals surface area contributed by atoms with Crippen molar-refractivity contribution < 1.29 is 44.4 Å². The molecule has 3 aliphatic rings. The van der Waals surface area contributed by atoms with Crippen LogP contribution in [0, 0.1) is 17.8 Å². The summed E-state index contributed by atoms with van der Waals surface area (Å²) in [5.41, 5.74) is 4.33. The van der Waals surface area contributed by atoms with Crippen LogP contribution in [0.3, 0.4) is 0 Å². The topological polar surface area (TPSA) is 220 Å². The van der Waals surface area contributed by atoms with E-state index >= 15 is 0 Å². The first-order valence-corrected chi connectivity index (χ1v) is 14.6. The number of phenols is 1. The van der Waals surface area contributed by atoms with Crippen molar-refractivity contribution in [3.63, 3.8) is 0 Å². The fourth-order valence-corrected chi connectivity index (χ4v) is 7.22. The minimum absolute atomic E-state index is 0.00988. The van der Waals surface area contributed by atoms with Gasteiger partial charge in [0.25, 0.3) is 5.91 Å². The maximum absolute atomic E-state index is 14.0. The minimum atomic E-state index is -2.66. The lowest BCUT2D eigenvalue weighted by atomic mass is 9.55. The number of rotatable bonds is 7. The molecule has 6 atom stereocenters. The molecule has 13 nitrogen and oxygen atoms in total. The minimum Gasteiger partial charge on any atom is -0.508 e. The third kappa shape index (κ3) is 5.16. The number of nitrogens with one attached hydrogen (secondary N) is 2.